The summed E-state index contributed by atoms with van der Waals surface area (Å²) >= 11 is 5.99. The minimum atomic E-state index is -0.705. The van der Waals surface area contributed by atoms with Gasteiger partial charge in [0.2, 0.25) is 0 Å². The molecule has 0 saturated carbocycles. The molecule has 1 rings (SSSR count). The van der Waals surface area contributed by atoms with Gasteiger partial charge in [0.25, 0.3) is 0 Å². The second-order valence-electron chi connectivity index (χ2n) is 4.83. The minimum Gasteiger partial charge on any atom is -0.495 e. The van der Waals surface area contributed by atoms with Crippen LogP contribution < -0.4 is 15.4 Å². The van der Waals surface area contributed by atoms with E-state index in [4.69, 9.17) is 21.1 Å². The van der Waals surface area contributed by atoms with Crippen molar-refractivity contribution in [1.29, 1.82) is 0 Å². The highest BCUT2D eigenvalue weighted by molar-refractivity contribution is 6.32. The first kappa shape index (κ1) is 18.1. The van der Waals surface area contributed by atoms with Gasteiger partial charge in [-0.05, 0) is 24.1 Å². The van der Waals surface area contributed by atoms with Crippen molar-refractivity contribution in [2.24, 2.45) is 5.92 Å². The van der Waals surface area contributed by atoms with E-state index in [0.29, 0.717) is 16.5 Å². The van der Waals surface area contributed by atoms with Crippen molar-refractivity contribution in [1.82, 2.24) is 5.32 Å². The van der Waals surface area contributed by atoms with Gasteiger partial charge in [0.05, 0.1) is 19.2 Å². The molecular formula is C15H21ClN2O4. The van der Waals surface area contributed by atoms with Gasteiger partial charge < -0.3 is 20.1 Å². The summed E-state index contributed by atoms with van der Waals surface area (Å²) < 4.78 is 9.76. The summed E-state index contributed by atoms with van der Waals surface area (Å²) in [5.41, 5.74) is 0.496. The lowest BCUT2D eigenvalue weighted by atomic mass is 9.99. The lowest BCUT2D eigenvalue weighted by Crippen LogP contribution is -2.47. The largest absolute Gasteiger partial charge is 0.495 e. The van der Waals surface area contributed by atoms with Crippen LogP contribution in [0.25, 0.3) is 0 Å². The fourth-order valence-corrected chi connectivity index (χ4v) is 2.11. The topological polar surface area (TPSA) is 76.7 Å². The Labute approximate surface area is 135 Å². The number of ether oxygens (including phenoxy) is 2. The fourth-order valence-electron chi connectivity index (χ4n) is 1.85. The number of esters is 1. The van der Waals surface area contributed by atoms with Gasteiger partial charge in [-0.2, -0.15) is 0 Å². The molecule has 1 aromatic carbocycles. The van der Waals surface area contributed by atoms with Crippen molar-refractivity contribution in [2.75, 3.05) is 19.5 Å². The number of halogens is 1. The number of anilines is 1. The molecule has 0 aromatic heterocycles. The quantitative estimate of drug-likeness (QED) is 0.787. The summed E-state index contributed by atoms with van der Waals surface area (Å²) in [4.78, 5) is 23.8. The number of hydrogen-bond acceptors (Lipinski definition) is 4. The molecule has 2 atom stereocenters. The molecule has 0 fully saturated rings. The van der Waals surface area contributed by atoms with Crippen LogP contribution in [0, 0.1) is 5.92 Å². The molecule has 0 aliphatic rings. The molecule has 0 spiro atoms. The summed E-state index contributed by atoms with van der Waals surface area (Å²) in [6.45, 7) is 3.80. The molecule has 7 heteroatoms. The maximum atomic E-state index is 12.0. The molecule has 6 nitrogen and oxygen atoms in total. The minimum absolute atomic E-state index is 0.0438. The molecule has 0 bridgehead atoms. The number of rotatable bonds is 6. The van der Waals surface area contributed by atoms with E-state index in [1.165, 1.54) is 14.2 Å². The van der Waals surface area contributed by atoms with Gasteiger partial charge >= 0.3 is 12.0 Å². The average Bonchev–Trinajstić information content (AvgIpc) is 2.51. The molecule has 2 amide bonds. The monoisotopic (exact) mass is 328 g/mol. The third-order valence-electron chi connectivity index (χ3n) is 3.36. The highest BCUT2D eigenvalue weighted by Crippen LogP contribution is 2.27. The van der Waals surface area contributed by atoms with Crippen LogP contribution in [0.3, 0.4) is 0 Å². The Balaban J connectivity index is 2.75. The molecule has 122 valence electrons. The molecule has 0 aliphatic heterocycles. The highest BCUT2D eigenvalue weighted by atomic mass is 35.5. The van der Waals surface area contributed by atoms with E-state index in [0.717, 1.165) is 6.42 Å². The number of hydrogen-bond donors (Lipinski definition) is 2. The van der Waals surface area contributed by atoms with Crippen LogP contribution in [0.2, 0.25) is 5.02 Å². The zero-order chi connectivity index (χ0) is 16.7. The first-order chi connectivity index (χ1) is 10.4. The smallest absolute Gasteiger partial charge is 0.328 e. The highest BCUT2D eigenvalue weighted by Gasteiger charge is 2.26. The van der Waals surface area contributed by atoms with E-state index in [9.17, 15) is 9.59 Å². The Bertz CT molecular complexity index is 536. The predicted molar refractivity (Wildman–Crippen MR) is 85.4 cm³/mol. The molecule has 22 heavy (non-hydrogen) atoms. The Morgan fingerprint density at radius 2 is 2.00 bits per heavy atom. The van der Waals surface area contributed by atoms with E-state index >= 15 is 0 Å². The van der Waals surface area contributed by atoms with E-state index in [-0.39, 0.29) is 5.92 Å². The number of carbonyl (C=O) groups is 2. The Hall–Kier alpha value is -1.95. The van der Waals surface area contributed by atoms with Crippen molar-refractivity contribution in [2.45, 2.75) is 26.3 Å². The standard InChI is InChI=1S/C15H21ClN2O4/c1-5-9(2)13(14(19)22-4)18-15(20)17-10-6-7-12(21-3)11(16)8-10/h6-9,13H,5H2,1-4H3,(H2,17,18,20)/t9-,13+/m0/s1. The second-order valence-corrected chi connectivity index (χ2v) is 5.24. The van der Waals surface area contributed by atoms with E-state index in [1.54, 1.807) is 18.2 Å². The summed E-state index contributed by atoms with van der Waals surface area (Å²) in [7, 11) is 2.80. The SMILES string of the molecule is CC[C@H](C)[C@@H](NC(=O)Nc1ccc(OC)c(Cl)c1)C(=O)OC. The van der Waals surface area contributed by atoms with Gasteiger partial charge in [-0.1, -0.05) is 31.9 Å². The van der Waals surface area contributed by atoms with Gasteiger partial charge in [0, 0.05) is 5.69 Å². The van der Waals surface area contributed by atoms with Crippen LogP contribution in [0.5, 0.6) is 5.75 Å². The summed E-state index contributed by atoms with van der Waals surface area (Å²) in [6.07, 6.45) is 0.731. The number of methoxy groups -OCH3 is 2. The Morgan fingerprint density at radius 1 is 1.32 bits per heavy atom. The van der Waals surface area contributed by atoms with Crippen LogP contribution >= 0.6 is 11.6 Å². The van der Waals surface area contributed by atoms with E-state index in [2.05, 4.69) is 10.6 Å². The molecule has 0 unspecified atom stereocenters. The molecule has 0 radical (unpaired) electrons. The molecule has 2 N–H and O–H groups in total. The molecule has 0 heterocycles. The van der Waals surface area contributed by atoms with Crippen molar-refractivity contribution in [3.8, 4) is 5.75 Å². The maximum absolute atomic E-state index is 12.0. The van der Waals surface area contributed by atoms with Gasteiger partial charge in [-0.15, -0.1) is 0 Å². The second kappa shape index (κ2) is 8.48. The molecular weight excluding hydrogens is 308 g/mol. The maximum Gasteiger partial charge on any atom is 0.328 e. The zero-order valence-corrected chi connectivity index (χ0v) is 13.9. The molecule has 0 saturated heterocycles. The van der Waals surface area contributed by atoms with Crippen molar-refractivity contribution >= 4 is 29.3 Å². The lowest BCUT2D eigenvalue weighted by Gasteiger charge is -2.22. The van der Waals surface area contributed by atoms with Gasteiger partial charge in [0.15, 0.2) is 0 Å². The molecule has 1 aromatic rings. The fraction of sp³-hybridized carbons (Fsp3) is 0.467. The Morgan fingerprint density at radius 3 is 2.50 bits per heavy atom. The first-order valence-electron chi connectivity index (χ1n) is 6.91. The van der Waals surface area contributed by atoms with Crippen LogP contribution in [0.1, 0.15) is 20.3 Å². The Kier molecular flexibility index (Phi) is 6.98. The third-order valence-corrected chi connectivity index (χ3v) is 3.66. The van der Waals surface area contributed by atoms with Crippen molar-refractivity contribution in [3.63, 3.8) is 0 Å². The van der Waals surface area contributed by atoms with Crippen LogP contribution in [0.4, 0.5) is 10.5 Å². The number of urea groups is 1. The van der Waals surface area contributed by atoms with Crippen molar-refractivity contribution < 1.29 is 19.1 Å². The van der Waals surface area contributed by atoms with Crippen LogP contribution in [-0.2, 0) is 9.53 Å². The van der Waals surface area contributed by atoms with Crippen LogP contribution in [-0.4, -0.2) is 32.3 Å². The number of nitrogens with one attached hydrogen (secondary N) is 2. The third kappa shape index (κ3) is 4.80. The molecule has 0 aliphatic carbocycles. The summed E-state index contributed by atoms with van der Waals surface area (Å²) in [5, 5.41) is 5.62. The van der Waals surface area contributed by atoms with Gasteiger partial charge in [0.1, 0.15) is 11.8 Å². The normalized spacial score (nSPS) is 13.0. The van der Waals surface area contributed by atoms with Gasteiger partial charge in [-0.3, -0.25) is 0 Å². The summed E-state index contributed by atoms with van der Waals surface area (Å²) in [6, 6.07) is 3.65. The lowest BCUT2D eigenvalue weighted by molar-refractivity contribution is -0.144. The zero-order valence-electron chi connectivity index (χ0n) is 13.1. The van der Waals surface area contributed by atoms with Crippen molar-refractivity contribution in [3.05, 3.63) is 23.2 Å². The van der Waals surface area contributed by atoms with Crippen LogP contribution in [0.15, 0.2) is 18.2 Å². The number of benzene rings is 1. The number of carbonyl (C=O) groups excluding carboxylic acids is 2. The first-order valence-corrected chi connectivity index (χ1v) is 7.29. The van der Waals surface area contributed by atoms with Gasteiger partial charge in [-0.25, -0.2) is 9.59 Å². The predicted octanol–water partition coefficient (Wildman–Crippen LogP) is 3.06. The number of amides is 2. The average molecular weight is 329 g/mol. The summed E-state index contributed by atoms with van der Waals surface area (Å²) in [5.74, 6) is -0.00501. The van der Waals surface area contributed by atoms with E-state index in [1.807, 2.05) is 13.8 Å². The van der Waals surface area contributed by atoms with E-state index < -0.39 is 18.0 Å².